The van der Waals surface area contributed by atoms with E-state index in [1.165, 1.54) is 6.08 Å². The lowest BCUT2D eigenvalue weighted by molar-refractivity contribution is 0.104. The van der Waals surface area contributed by atoms with E-state index in [0.717, 1.165) is 5.56 Å². The number of rotatable bonds is 6. The average molecular weight is 298 g/mol. The summed E-state index contributed by atoms with van der Waals surface area (Å²) in [6.45, 7) is 0. The maximum Gasteiger partial charge on any atom is 0.189 e. The van der Waals surface area contributed by atoms with E-state index in [9.17, 15) is 4.79 Å². The molecule has 0 aliphatic heterocycles. The highest BCUT2D eigenvalue weighted by Crippen LogP contribution is 2.26. The minimum Gasteiger partial charge on any atom is -0.497 e. The molecule has 0 heterocycles. The lowest BCUT2D eigenvalue weighted by atomic mass is 10.1. The number of methoxy groups -OCH3 is 3. The fraction of sp³-hybridized carbons (Fsp3) is 0.167. The van der Waals surface area contributed by atoms with Gasteiger partial charge in [-0.2, -0.15) is 0 Å². The number of para-hydroxylation sites is 1. The predicted octanol–water partition coefficient (Wildman–Crippen LogP) is 3.61. The molecule has 0 saturated carbocycles. The van der Waals surface area contributed by atoms with Gasteiger partial charge in [-0.1, -0.05) is 12.1 Å². The van der Waals surface area contributed by atoms with Gasteiger partial charge < -0.3 is 14.2 Å². The van der Waals surface area contributed by atoms with Crippen molar-refractivity contribution in [1.29, 1.82) is 0 Å². The number of allylic oxidation sites excluding steroid dienone is 1. The van der Waals surface area contributed by atoms with Crippen molar-refractivity contribution in [2.24, 2.45) is 0 Å². The number of carbonyl (C=O) groups excluding carboxylic acids is 1. The molecule has 0 fully saturated rings. The average Bonchev–Trinajstić information content (AvgIpc) is 2.59. The van der Waals surface area contributed by atoms with Crippen LogP contribution in [0.4, 0.5) is 0 Å². The van der Waals surface area contributed by atoms with Crippen molar-refractivity contribution in [2.75, 3.05) is 21.3 Å². The monoisotopic (exact) mass is 298 g/mol. The zero-order valence-corrected chi connectivity index (χ0v) is 12.8. The summed E-state index contributed by atoms with van der Waals surface area (Å²) in [5, 5.41) is 0. The molecule has 114 valence electrons. The van der Waals surface area contributed by atoms with Crippen molar-refractivity contribution in [3.05, 3.63) is 59.7 Å². The Morgan fingerprint density at radius 1 is 0.909 bits per heavy atom. The van der Waals surface area contributed by atoms with Gasteiger partial charge in [0.25, 0.3) is 0 Å². The summed E-state index contributed by atoms with van der Waals surface area (Å²) in [5.41, 5.74) is 1.32. The van der Waals surface area contributed by atoms with Crippen LogP contribution in [0.3, 0.4) is 0 Å². The van der Waals surface area contributed by atoms with E-state index in [1.807, 2.05) is 18.2 Å². The Morgan fingerprint density at radius 3 is 2.32 bits per heavy atom. The van der Waals surface area contributed by atoms with Crippen molar-refractivity contribution < 1.29 is 19.0 Å². The molecular weight excluding hydrogens is 280 g/mol. The summed E-state index contributed by atoms with van der Waals surface area (Å²) >= 11 is 0. The maximum absolute atomic E-state index is 12.3. The molecule has 0 unspecified atom stereocenters. The molecule has 0 N–H and O–H groups in total. The third-order valence-corrected chi connectivity index (χ3v) is 3.23. The number of carbonyl (C=O) groups is 1. The van der Waals surface area contributed by atoms with Crippen LogP contribution in [-0.4, -0.2) is 27.1 Å². The molecule has 0 aromatic heterocycles. The van der Waals surface area contributed by atoms with Gasteiger partial charge in [0.2, 0.25) is 0 Å². The Bertz CT molecular complexity index is 689. The van der Waals surface area contributed by atoms with Crippen molar-refractivity contribution >= 4 is 11.9 Å². The zero-order chi connectivity index (χ0) is 15.9. The molecule has 0 amide bonds. The van der Waals surface area contributed by atoms with E-state index >= 15 is 0 Å². The molecular formula is C18H18O4. The zero-order valence-electron chi connectivity index (χ0n) is 12.8. The third kappa shape index (κ3) is 3.47. The lowest BCUT2D eigenvalue weighted by Gasteiger charge is -2.07. The van der Waals surface area contributed by atoms with Crippen LogP contribution in [0.2, 0.25) is 0 Å². The topological polar surface area (TPSA) is 44.8 Å². The molecule has 2 rings (SSSR count). The summed E-state index contributed by atoms with van der Waals surface area (Å²) in [6, 6.07) is 12.5. The number of ether oxygens (including phenoxy) is 3. The minimum absolute atomic E-state index is 0.129. The first-order valence-corrected chi connectivity index (χ1v) is 6.77. The van der Waals surface area contributed by atoms with E-state index in [4.69, 9.17) is 14.2 Å². The summed E-state index contributed by atoms with van der Waals surface area (Å²) in [7, 11) is 4.71. The van der Waals surface area contributed by atoms with Crippen molar-refractivity contribution in [2.45, 2.75) is 0 Å². The molecule has 4 heteroatoms. The first-order valence-electron chi connectivity index (χ1n) is 6.77. The molecule has 0 aliphatic carbocycles. The second kappa shape index (κ2) is 7.31. The molecule has 22 heavy (non-hydrogen) atoms. The van der Waals surface area contributed by atoms with Crippen LogP contribution in [0, 0.1) is 0 Å². The number of ketones is 1. The molecule has 4 nitrogen and oxygen atoms in total. The minimum atomic E-state index is -0.129. The standard InChI is InChI=1S/C18H18O4/c1-20-14-10-8-13(18(12-14)22-3)9-11-16(19)15-6-4-5-7-17(15)21-2/h4-12H,1-3H3/b11-9+. The van der Waals surface area contributed by atoms with Crippen LogP contribution < -0.4 is 14.2 Å². The number of benzene rings is 2. The highest BCUT2D eigenvalue weighted by Gasteiger charge is 2.09. The van der Waals surface area contributed by atoms with Crippen molar-refractivity contribution in [3.8, 4) is 17.2 Å². The highest BCUT2D eigenvalue weighted by atomic mass is 16.5. The molecule has 0 spiro atoms. The van der Waals surface area contributed by atoms with Crippen molar-refractivity contribution in [3.63, 3.8) is 0 Å². The quantitative estimate of drug-likeness (QED) is 0.603. The van der Waals surface area contributed by atoms with Crippen LogP contribution in [0.5, 0.6) is 17.2 Å². The Kier molecular flexibility index (Phi) is 5.20. The van der Waals surface area contributed by atoms with Gasteiger partial charge in [0.1, 0.15) is 17.2 Å². The second-order valence-electron chi connectivity index (χ2n) is 4.51. The maximum atomic E-state index is 12.3. The van der Waals surface area contributed by atoms with Crippen LogP contribution in [-0.2, 0) is 0 Å². The fourth-order valence-electron chi connectivity index (χ4n) is 2.06. The van der Waals surface area contributed by atoms with Gasteiger partial charge in [0.15, 0.2) is 5.78 Å². The molecule has 2 aromatic rings. The summed E-state index contributed by atoms with van der Waals surface area (Å²) in [4.78, 5) is 12.3. The normalized spacial score (nSPS) is 10.5. The second-order valence-corrected chi connectivity index (χ2v) is 4.51. The first-order chi connectivity index (χ1) is 10.7. The first kappa shape index (κ1) is 15.6. The molecule has 0 atom stereocenters. The van der Waals surface area contributed by atoms with Crippen LogP contribution in [0.1, 0.15) is 15.9 Å². The van der Waals surface area contributed by atoms with Gasteiger partial charge in [-0.15, -0.1) is 0 Å². The SMILES string of the molecule is COc1ccc(/C=C/C(=O)c2ccccc2OC)c(OC)c1. The van der Waals surface area contributed by atoms with Crippen LogP contribution in [0.25, 0.3) is 6.08 Å². The van der Waals surface area contributed by atoms with Gasteiger partial charge in [0.05, 0.1) is 26.9 Å². The Labute approximate surface area is 129 Å². The molecule has 2 aromatic carbocycles. The van der Waals surface area contributed by atoms with E-state index in [1.54, 1.807) is 51.7 Å². The fourth-order valence-corrected chi connectivity index (χ4v) is 2.06. The summed E-state index contributed by atoms with van der Waals surface area (Å²) in [6.07, 6.45) is 3.22. The van der Waals surface area contributed by atoms with Gasteiger partial charge in [-0.25, -0.2) is 0 Å². The number of hydrogen-bond acceptors (Lipinski definition) is 4. The largest absolute Gasteiger partial charge is 0.497 e. The van der Waals surface area contributed by atoms with E-state index < -0.39 is 0 Å². The van der Waals surface area contributed by atoms with Gasteiger partial charge >= 0.3 is 0 Å². The smallest absolute Gasteiger partial charge is 0.189 e. The Balaban J connectivity index is 2.26. The van der Waals surface area contributed by atoms with Crippen molar-refractivity contribution in [1.82, 2.24) is 0 Å². The molecule has 0 aliphatic rings. The molecule has 0 radical (unpaired) electrons. The van der Waals surface area contributed by atoms with Gasteiger partial charge in [-0.3, -0.25) is 4.79 Å². The molecule has 0 bridgehead atoms. The van der Waals surface area contributed by atoms with E-state index in [0.29, 0.717) is 22.8 Å². The van der Waals surface area contributed by atoms with Gasteiger partial charge in [0, 0.05) is 11.6 Å². The van der Waals surface area contributed by atoms with Gasteiger partial charge in [-0.05, 0) is 36.4 Å². The predicted molar refractivity (Wildman–Crippen MR) is 85.9 cm³/mol. The third-order valence-electron chi connectivity index (χ3n) is 3.23. The number of hydrogen-bond donors (Lipinski definition) is 0. The Hall–Kier alpha value is -2.75. The van der Waals surface area contributed by atoms with E-state index in [-0.39, 0.29) is 5.78 Å². The summed E-state index contributed by atoms with van der Waals surface area (Å²) < 4.78 is 15.7. The summed E-state index contributed by atoms with van der Waals surface area (Å²) in [5.74, 6) is 1.77. The Morgan fingerprint density at radius 2 is 1.64 bits per heavy atom. The van der Waals surface area contributed by atoms with E-state index in [2.05, 4.69) is 0 Å². The van der Waals surface area contributed by atoms with Crippen LogP contribution >= 0.6 is 0 Å². The van der Waals surface area contributed by atoms with Crippen LogP contribution in [0.15, 0.2) is 48.5 Å². The highest BCUT2D eigenvalue weighted by molar-refractivity contribution is 6.08. The lowest BCUT2D eigenvalue weighted by Crippen LogP contribution is -1.98. The molecule has 0 saturated heterocycles.